The van der Waals surface area contributed by atoms with E-state index in [1.54, 1.807) is 6.92 Å². The van der Waals surface area contributed by atoms with Crippen LogP contribution >= 0.6 is 0 Å². The Labute approximate surface area is 99.3 Å². The summed E-state index contributed by atoms with van der Waals surface area (Å²) in [5.41, 5.74) is 6.06. The first-order chi connectivity index (χ1) is 8.10. The quantitative estimate of drug-likeness (QED) is 0.720. The Morgan fingerprint density at radius 3 is 2.88 bits per heavy atom. The van der Waals surface area contributed by atoms with E-state index in [1.807, 2.05) is 6.92 Å². The molecule has 17 heavy (non-hydrogen) atoms. The molecule has 0 radical (unpaired) electrons. The van der Waals surface area contributed by atoms with E-state index in [0.717, 1.165) is 0 Å². The maximum absolute atomic E-state index is 11.2. The van der Waals surface area contributed by atoms with Gasteiger partial charge in [-0.1, -0.05) is 0 Å². The first-order valence-corrected chi connectivity index (χ1v) is 5.17. The summed E-state index contributed by atoms with van der Waals surface area (Å²) in [5.74, 6) is 0.240. The molecule has 1 aromatic heterocycles. The van der Waals surface area contributed by atoms with E-state index >= 15 is 0 Å². The predicted molar refractivity (Wildman–Crippen MR) is 62.7 cm³/mol. The van der Waals surface area contributed by atoms with Crippen molar-refractivity contribution in [2.24, 2.45) is 0 Å². The van der Waals surface area contributed by atoms with Gasteiger partial charge >= 0.3 is 5.97 Å². The maximum atomic E-state index is 11.2. The van der Waals surface area contributed by atoms with Crippen LogP contribution in [0.3, 0.4) is 0 Å². The number of rotatable bonds is 5. The van der Waals surface area contributed by atoms with E-state index in [9.17, 15) is 4.79 Å². The van der Waals surface area contributed by atoms with Crippen LogP contribution in [0.4, 0.5) is 11.5 Å². The second kappa shape index (κ2) is 5.88. The normalized spacial score (nSPS) is 11.7. The molecule has 0 aliphatic heterocycles. The van der Waals surface area contributed by atoms with Crippen molar-refractivity contribution in [2.45, 2.75) is 19.9 Å². The van der Waals surface area contributed by atoms with Crippen molar-refractivity contribution >= 4 is 17.5 Å². The Kier molecular flexibility index (Phi) is 4.50. The van der Waals surface area contributed by atoms with Crippen molar-refractivity contribution in [2.75, 3.05) is 24.8 Å². The molecule has 1 unspecified atom stereocenters. The van der Waals surface area contributed by atoms with Crippen molar-refractivity contribution < 1.29 is 14.3 Å². The molecule has 1 rings (SSSR count). The third-order valence-electron chi connectivity index (χ3n) is 2.04. The Hall–Kier alpha value is -2.05. The topological polar surface area (TPSA) is 99.4 Å². The minimum absolute atomic E-state index is 0.269. The van der Waals surface area contributed by atoms with Crippen LogP contribution in [-0.4, -0.2) is 35.7 Å². The van der Waals surface area contributed by atoms with Crippen LogP contribution in [-0.2, 0) is 9.53 Å². The van der Waals surface area contributed by atoms with Gasteiger partial charge < -0.3 is 20.5 Å². The number of esters is 1. The number of nitrogens with one attached hydrogen (secondary N) is 1. The molecule has 0 saturated heterocycles. The summed E-state index contributed by atoms with van der Waals surface area (Å²) in [5, 5.41) is 2.83. The summed E-state index contributed by atoms with van der Waals surface area (Å²) >= 11 is 0. The molecular weight excluding hydrogens is 224 g/mol. The molecule has 0 spiro atoms. The van der Waals surface area contributed by atoms with Crippen LogP contribution in [0, 0.1) is 0 Å². The van der Waals surface area contributed by atoms with E-state index in [0.29, 0.717) is 18.3 Å². The van der Waals surface area contributed by atoms with E-state index in [4.69, 9.17) is 10.5 Å². The van der Waals surface area contributed by atoms with Gasteiger partial charge in [0.15, 0.2) is 5.82 Å². The Balaban J connectivity index is 2.84. The third kappa shape index (κ3) is 3.20. The maximum Gasteiger partial charge on any atom is 0.328 e. The van der Waals surface area contributed by atoms with Gasteiger partial charge in [0.05, 0.1) is 13.7 Å². The summed E-state index contributed by atoms with van der Waals surface area (Å²) in [6, 6.07) is -0.549. The average Bonchev–Trinajstić information content (AvgIpc) is 2.33. The SMILES string of the molecule is CCOc1ncnc(NC(C)C(=O)OC)c1N. The first-order valence-electron chi connectivity index (χ1n) is 5.17. The molecule has 7 heteroatoms. The van der Waals surface area contributed by atoms with Crippen LogP contribution < -0.4 is 15.8 Å². The number of carbonyl (C=O) groups excluding carboxylic acids is 1. The lowest BCUT2D eigenvalue weighted by molar-refractivity contribution is -0.141. The number of nitrogens with two attached hydrogens (primary N) is 1. The highest BCUT2D eigenvalue weighted by Crippen LogP contribution is 2.24. The Morgan fingerprint density at radius 2 is 2.29 bits per heavy atom. The van der Waals surface area contributed by atoms with Gasteiger partial charge in [-0.2, -0.15) is 4.98 Å². The molecule has 0 bridgehead atoms. The lowest BCUT2D eigenvalue weighted by Gasteiger charge is -2.14. The zero-order valence-corrected chi connectivity index (χ0v) is 10.1. The highest BCUT2D eigenvalue weighted by Gasteiger charge is 2.16. The molecule has 0 aliphatic carbocycles. The Morgan fingerprint density at radius 1 is 1.59 bits per heavy atom. The number of nitrogen functional groups attached to an aromatic ring is 1. The van der Waals surface area contributed by atoms with Crippen molar-refractivity contribution in [3.63, 3.8) is 0 Å². The smallest absolute Gasteiger partial charge is 0.328 e. The largest absolute Gasteiger partial charge is 0.476 e. The standard InChI is InChI=1S/C10H16N4O3/c1-4-17-9-7(11)8(12-5-13-9)14-6(2)10(15)16-3/h5-6H,4,11H2,1-3H3,(H,12,13,14). The molecule has 0 aliphatic rings. The molecule has 7 nitrogen and oxygen atoms in total. The van der Waals surface area contributed by atoms with Crippen LogP contribution in [0.25, 0.3) is 0 Å². The number of nitrogens with zero attached hydrogens (tertiary/aromatic N) is 2. The Bertz CT molecular complexity index is 397. The monoisotopic (exact) mass is 240 g/mol. The summed E-state index contributed by atoms with van der Waals surface area (Å²) < 4.78 is 9.80. The minimum Gasteiger partial charge on any atom is -0.476 e. The number of hydrogen-bond donors (Lipinski definition) is 2. The lowest BCUT2D eigenvalue weighted by Crippen LogP contribution is -2.28. The average molecular weight is 240 g/mol. The van der Waals surface area contributed by atoms with Crippen molar-refractivity contribution in [1.82, 2.24) is 9.97 Å². The summed E-state index contributed by atoms with van der Waals surface area (Å²) in [7, 11) is 1.31. The predicted octanol–water partition coefficient (Wildman–Crippen LogP) is 0.431. The molecule has 1 aromatic rings. The van der Waals surface area contributed by atoms with Gasteiger partial charge in [-0.15, -0.1) is 0 Å². The van der Waals surface area contributed by atoms with Gasteiger partial charge in [0.1, 0.15) is 18.1 Å². The summed E-state index contributed by atoms with van der Waals surface area (Å²) in [6.07, 6.45) is 1.31. The van der Waals surface area contributed by atoms with E-state index in [-0.39, 0.29) is 5.69 Å². The van der Waals surface area contributed by atoms with Gasteiger partial charge in [0.25, 0.3) is 0 Å². The van der Waals surface area contributed by atoms with E-state index in [2.05, 4.69) is 20.0 Å². The zero-order valence-electron chi connectivity index (χ0n) is 10.1. The van der Waals surface area contributed by atoms with E-state index in [1.165, 1.54) is 13.4 Å². The highest BCUT2D eigenvalue weighted by atomic mass is 16.5. The van der Waals surface area contributed by atoms with Crippen molar-refractivity contribution in [3.8, 4) is 5.88 Å². The number of carbonyl (C=O) groups is 1. The van der Waals surface area contributed by atoms with Gasteiger partial charge in [-0.25, -0.2) is 9.78 Å². The fourth-order valence-electron chi connectivity index (χ4n) is 1.19. The molecule has 0 amide bonds. The lowest BCUT2D eigenvalue weighted by atomic mass is 10.3. The highest BCUT2D eigenvalue weighted by molar-refractivity contribution is 5.80. The second-order valence-electron chi connectivity index (χ2n) is 3.26. The number of anilines is 2. The van der Waals surface area contributed by atoms with Crippen LogP contribution in [0.5, 0.6) is 5.88 Å². The number of ether oxygens (including phenoxy) is 2. The zero-order chi connectivity index (χ0) is 12.8. The van der Waals surface area contributed by atoms with Gasteiger partial charge in [-0.3, -0.25) is 0 Å². The minimum atomic E-state index is -0.549. The molecule has 0 aromatic carbocycles. The third-order valence-corrected chi connectivity index (χ3v) is 2.04. The van der Waals surface area contributed by atoms with Crippen molar-refractivity contribution in [1.29, 1.82) is 0 Å². The van der Waals surface area contributed by atoms with Crippen LogP contribution in [0.15, 0.2) is 6.33 Å². The van der Waals surface area contributed by atoms with Crippen molar-refractivity contribution in [3.05, 3.63) is 6.33 Å². The molecule has 0 saturated carbocycles. The van der Waals surface area contributed by atoms with Crippen LogP contribution in [0.2, 0.25) is 0 Å². The van der Waals surface area contributed by atoms with Gasteiger partial charge in [0, 0.05) is 0 Å². The molecule has 94 valence electrons. The number of methoxy groups -OCH3 is 1. The number of aromatic nitrogens is 2. The molecule has 1 atom stereocenters. The summed E-state index contributed by atoms with van der Waals surface area (Å²) in [6.45, 7) is 3.92. The van der Waals surface area contributed by atoms with Crippen LogP contribution in [0.1, 0.15) is 13.8 Å². The first kappa shape index (κ1) is 13.0. The molecule has 1 heterocycles. The van der Waals surface area contributed by atoms with E-state index < -0.39 is 12.0 Å². The molecule has 0 fully saturated rings. The summed E-state index contributed by atoms with van der Waals surface area (Å²) in [4.78, 5) is 19.1. The molecule has 3 N–H and O–H groups in total. The fourth-order valence-corrected chi connectivity index (χ4v) is 1.19. The second-order valence-corrected chi connectivity index (χ2v) is 3.26. The number of hydrogen-bond acceptors (Lipinski definition) is 7. The molecular formula is C10H16N4O3. The van der Waals surface area contributed by atoms with Gasteiger partial charge in [0.2, 0.25) is 5.88 Å². The fraction of sp³-hybridized carbons (Fsp3) is 0.500. The van der Waals surface area contributed by atoms with Gasteiger partial charge in [-0.05, 0) is 13.8 Å².